The molecule has 0 saturated carbocycles. The second-order valence-corrected chi connectivity index (χ2v) is 4.46. The van der Waals surface area contributed by atoms with Gasteiger partial charge in [-0.1, -0.05) is 0 Å². The van der Waals surface area contributed by atoms with Gasteiger partial charge in [-0.15, -0.1) is 0 Å². The largest absolute Gasteiger partial charge is 0.478 e. The molecule has 0 atom stereocenters. The molecule has 0 aliphatic rings. The van der Waals surface area contributed by atoms with Gasteiger partial charge in [0.05, 0.1) is 11.7 Å². The third kappa shape index (κ3) is 2.46. The van der Waals surface area contributed by atoms with Gasteiger partial charge in [-0.05, 0) is 18.2 Å². The molecule has 0 aliphatic carbocycles. The molecule has 21 heavy (non-hydrogen) atoms. The van der Waals surface area contributed by atoms with E-state index in [1.807, 2.05) is 22.9 Å². The van der Waals surface area contributed by atoms with Gasteiger partial charge in [-0.3, -0.25) is 9.55 Å². The molecule has 0 saturated heterocycles. The van der Waals surface area contributed by atoms with Crippen LogP contribution in [0, 0.1) is 0 Å². The van der Waals surface area contributed by atoms with Crippen molar-refractivity contribution in [3.8, 4) is 5.82 Å². The minimum atomic E-state index is -1.03. The average Bonchev–Trinajstić information content (AvgIpc) is 2.89. The van der Waals surface area contributed by atoms with Gasteiger partial charge < -0.3 is 10.8 Å². The lowest BCUT2D eigenvalue weighted by molar-refractivity contribution is -0.131. The Morgan fingerprint density at radius 1 is 1.33 bits per heavy atom. The summed E-state index contributed by atoms with van der Waals surface area (Å²) in [6.07, 6.45) is 9.37. The summed E-state index contributed by atoms with van der Waals surface area (Å²) >= 11 is 0. The highest BCUT2D eigenvalue weighted by molar-refractivity contribution is 5.86. The Morgan fingerprint density at radius 2 is 2.19 bits per heavy atom. The summed E-state index contributed by atoms with van der Waals surface area (Å²) in [5.74, 6) is -0.371. The topological polar surface area (TPSA) is 94.0 Å². The fourth-order valence-corrected chi connectivity index (χ4v) is 2.08. The number of carboxylic acids is 1. The minimum absolute atomic E-state index is 0.461. The fraction of sp³-hybridized carbons (Fsp3) is 0. The Morgan fingerprint density at radius 3 is 2.95 bits per heavy atom. The maximum atomic E-state index is 10.5. The predicted octanol–water partition coefficient (Wildman–Crippen LogP) is 2.10. The highest BCUT2D eigenvalue weighted by Crippen LogP contribution is 2.21. The van der Waals surface area contributed by atoms with E-state index in [0.717, 1.165) is 17.0 Å². The van der Waals surface area contributed by atoms with Crippen molar-refractivity contribution in [2.45, 2.75) is 0 Å². The van der Waals surface area contributed by atoms with Crippen LogP contribution < -0.4 is 5.73 Å². The first-order chi connectivity index (χ1) is 10.1. The van der Waals surface area contributed by atoms with E-state index in [1.54, 1.807) is 24.7 Å². The number of carbonyl (C=O) groups is 1. The number of anilines is 1. The summed E-state index contributed by atoms with van der Waals surface area (Å²) in [5, 5.41) is 9.69. The number of nitrogens with zero attached hydrogens (tertiary/aromatic N) is 3. The molecular formula is C15H12N4O2. The van der Waals surface area contributed by atoms with Crippen LogP contribution in [0.1, 0.15) is 5.56 Å². The number of rotatable bonds is 3. The van der Waals surface area contributed by atoms with E-state index in [1.165, 1.54) is 6.08 Å². The molecule has 3 heterocycles. The van der Waals surface area contributed by atoms with Crippen molar-refractivity contribution in [2.24, 2.45) is 0 Å². The number of nitrogens with two attached hydrogens (primary N) is 1. The molecular weight excluding hydrogens is 268 g/mol. The summed E-state index contributed by atoms with van der Waals surface area (Å²) < 4.78 is 1.88. The van der Waals surface area contributed by atoms with Gasteiger partial charge in [-0.25, -0.2) is 9.78 Å². The molecule has 0 unspecified atom stereocenters. The summed E-state index contributed by atoms with van der Waals surface area (Å²) in [7, 11) is 0. The number of nitrogen functional groups attached to an aromatic ring is 1. The SMILES string of the molecule is Nc1cc(-n2ccc3ccncc32)ncc1/C=C/C(=O)O. The number of hydrogen-bond acceptors (Lipinski definition) is 4. The molecule has 3 N–H and O–H groups in total. The molecule has 3 aromatic heterocycles. The van der Waals surface area contributed by atoms with Crippen LogP contribution in [-0.2, 0) is 4.79 Å². The lowest BCUT2D eigenvalue weighted by atomic mass is 10.2. The maximum Gasteiger partial charge on any atom is 0.328 e. The number of fused-ring (bicyclic) bond motifs is 1. The second-order valence-electron chi connectivity index (χ2n) is 4.46. The van der Waals surface area contributed by atoms with Crippen molar-refractivity contribution in [3.05, 3.63) is 54.6 Å². The van der Waals surface area contributed by atoms with Gasteiger partial charge >= 0.3 is 5.97 Å². The maximum absolute atomic E-state index is 10.5. The quantitative estimate of drug-likeness (QED) is 0.716. The van der Waals surface area contributed by atoms with E-state index in [2.05, 4.69) is 9.97 Å². The Labute approximate surface area is 120 Å². The smallest absolute Gasteiger partial charge is 0.328 e. The van der Waals surface area contributed by atoms with Crippen molar-refractivity contribution in [2.75, 3.05) is 5.73 Å². The predicted molar refractivity (Wildman–Crippen MR) is 79.9 cm³/mol. The number of carboxylic acid groups (broad SMARTS) is 1. The van der Waals surface area contributed by atoms with Gasteiger partial charge in [0.1, 0.15) is 5.82 Å². The standard InChI is InChI=1S/C15H12N4O2/c16-12-7-14(18-8-11(12)1-2-15(20)21)19-6-4-10-3-5-17-9-13(10)19/h1-9H,(H2,16,18)(H,20,21)/b2-1+. The molecule has 0 aliphatic heterocycles. The van der Waals surface area contributed by atoms with Gasteiger partial charge in [0.2, 0.25) is 0 Å². The number of aliphatic carboxylic acids is 1. The monoisotopic (exact) mass is 280 g/mol. The van der Waals surface area contributed by atoms with E-state index >= 15 is 0 Å². The van der Waals surface area contributed by atoms with E-state index in [0.29, 0.717) is 17.1 Å². The van der Waals surface area contributed by atoms with Crippen LogP contribution in [0.3, 0.4) is 0 Å². The average molecular weight is 280 g/mol. The zero-order valence-electron chi connectivity index (χ0n) is 11.0. The number of pyridine rings is 2. The van der Waals surface area contributed by atoms with Crippen LogP contribution in [0.4, 0.5) is 5.69 Å². The first kappa shape index (κ1) is 12.9. The molecule has 6 heteroatoms. The zero-order chi connectivity index (χ0) is 14.8. The van der Waals surface area contributed by atoms with Crippen LogP contribution in [0.25, 0.3) is 22.8 Å². The molecule has 6 nitrogen and oxygen atoms in total. The fourth-order valence-electron chi connectivity index (χ4n) is 2.08. The van der Waals surface area contributed by atoms with E-state index in [-0.39, 0.29) is 0 Å². The molecule has 3 rings (SSSR count). The molecule has 0 radical (unpaired) electrons. The van der Waals surface area contributed by atoms with Crippen LogP contribution in [-0.4, -0.2) is 25.6 Å². The van der Waals surface area contributed by atoms with Gasteiger partial charge in [0.15, 0.2) is 0 Å². The molecule has 3 aromatic rings. The highest BCUT2D eigenvalue weighted by Gasteiger charge is 2.06. The van der Waals surface area contributed by atoms with Crippen molar-refractivity contribution in [1.29, 1.82) is 0 Å². The van der Waals surface area contributed by atoms with Crippen molar-refractivity contribution >= 4 is 28.6 Å². The Bertz CT molecular complexity index is 852. The van der Waals surface area contributed by atoms with Crippen LogP contribution in [0.15, 0.2) is 49.1 Å². The third-order valence-corrected chi connectivity index (χ3v) is 3.10. The minimum Gasteiger partial charge on any atom is -0.478 e. The second kappa shape index (κ2) is 5.09. The van der Waals surface area contributed by atoms with Crippen LogP contribution in [0.2, 0.25) is 0 Å². The Kier molecular flexibility index (Phi) is 3.12. The number of hydrogen-bond donors (Lipinski definition) is 2. The zero-order valence-corrected chi connectivity index (χ0v) is 11.0. The summed E-state index contributed by atoms with van der Waals surface area (Å²) in [6.45, 7) is 0. The molecule has 104 valence electrons. The van der Waals surface area contributed by atoms with Crippen LogP contribution >= 0.6 is 0 Å². The summed E-state index contributed by atoms with van der Waals surface area (Å²) in [5.41, 5.74) is 7.90. The summed E-state index contributed by atoms with van der Waals surface area (Å²) in [4.78, 5) is 18.9. The van der Waals surface area contributed by atoms with E-state index in [9.17, 15) is 4.79 Å². The molecule has 0 aromatic carbocycles. The lowest BCUT2D eigenvalue weighted by Crippen LogP contribution is -2.00. The molecule has 0 amide bonds. The van der Waals surface area contributed by atoms with Crippen molar-refractivity contribution < 1.29 is 9.90 Å². The number of aromatic nitrogens is 3. The van der Waals surface area contributed by atoms with Gasteiger partial charge in [0.25, 0.3) is 0 Å². The van der Waals surface area contributed by atoms with Crippen molar-refractivity contribution in [1.82, 2.24) is 14.5 Å². The first-order valence-electron chi connectivity index (χ1n) is 6.23. The molecule has 0 bridgehead atoms. The first-order valence-corrected chi connectivity index (χ1v) is 6.23. The lowest BCUT2D eigenvalue weighted by Gasteiger charge is -2.07. The van der Waals surface area contributed by atoms with E-state index in [4.69, 9.17) is 10.8 Å². The highest BCUT2D eigenvalue weighted by atomic mass is 16.4. The summed E-state index contributed by atoms with van der Waals surface area (Å²) in [6, 6.07) is 5.58. The normalized spacial score (nSPS) is 11.2. The van der Waals surface area contributed by atoms with Gasteiger partial charge in [-0.2, -0.15) is 0 Å². The molecule has 0 spiro atoms. The van der Waals surface area contributed by atoms with Crippen molar-refractivity contribution in [3.63, 3.8) is 0 Å². The Balaban J connectivity index is 2.04. The molecule has 0 fully saturated rings. The van der Waals surface area contributed by atoms with Gasteiger partial charge in [0, 0.05) is 47.4 Å². The Hall–Kier alpha value is -3.15. The third-order valence-electron chi connectivity index (χ3n) is 3.10. The van der Waals surface area contributed by atoms with Crippen LogP contribution in [0.5, 0.6) is 0 Å². The van der Waals surface area contributed by atoms with E-state index < -0.39 is 5.97 Å².